The summed E-state index contributed by atoms with van der Waals surface area (Å²) in [7, 11) is -4.59. The van der Waals surface area contributed by atoms with Gasteiger partial charge in [-0.25, -0.2) is 4.79 Å². The van der Waals surface area contributed by atoms with E-state index in [4.69, 9.17) is 4.74 Å². The van der Waals surface area contributed by atoms with Gasteiger partial charge in [-0.15, -0.1) is 0 Å². The van der Waals surface area contributed by atoms with E-state index in [-0.39, 0.29) is 45.8 Å². The number of nitrogens with zero attached hydrogens (tertiary/aromatic N) is 2. The van der Waals surface area contributed by atoms with E-state index in [1.165, 1.54) is 12.1 Å². The summed E-state index contributed by atoms with van der Waals surface area (Å²) < 4.78 is 41.8. The number of hydrogen-bond donors (Lipinski definition) is 2. The number of nitrogens with one attached hydrogen (secondary N) is 1. The molecular formula is C10H11AgN3O6S+. The number of ether oxygens (including phenoxy) is 2. The first kappa shape index (κ1) is 17.6. The maximum Gasteiger partial charge on any atom is 1.00 e. The van der Waals surface area contributed by atoms with Gasteiger partial charge in [0.25, 0.3) is 0 Å². The molecule has 0 aliphatic rings. The number of benzene rings is 1. The van der Waals surface area contributed by atoms with Crippen LogP contribution in [0.15, 0.2) is 17.0 Å². The molecule has 9 nitrogen and oxygen atoms in total. The fraction of sp³-hybridized carbons (Fsp3) is 0.300. The minimum Gasteiger partial charge on any atom is -0.480 e. The van der Waals surface area contributed by atoms with Crippen molar-refractivity contribution in [1.29, 1.82) is 0 Å². The summed E-state index contributed by atoms with van der Waals surface area (Å²) >= 11 is 0. The molecule has 0 saturated carbocycles. The van der Waals surface area contributed by atoms with Crippen molar-refractivity contribution in [3.63, 3.8) is 0 Å². The minimum atomic E-state index is -4.59. The van der Waals surface area contributed by atoms with Crippen molar-refractivity contribution in [2.45, 2.75) is 11.8 Å². The molecule has 118 valence electrons. The summed E-state index contributed by atoms with van der Waals surface area (Å²) in [6.07, 6.45) is 0. The predicted molar refractivity (Wildman–Crippen MR) is 65.8 cm³/mol. The number of rotatable bonds is 5. The molecule has 0 amide bonds. The number of aromatic nitrogens is 3. The zero-order valence-corrected chi connectivity index (χ0v) is 13.0. The molecule has 0 radical (unpaired) electrons. The zero-order valence-electron chi connectivity index (χ0n) is 10.7. The van der Waals surface area contributed by atoms with E-state index in [1.807, 2.05) is 0 Å². The van der Waals surface area contributed by atoms with Crippen LogP contribution in [0.3, 0.4) is 0 Å². The second-order valence-electron chi connectivity index (χ2n) is 3.65. The molecule has 11 heteroatoms. The van der Waals surface area contributed by atoms with Crippen LogP contribution in [0.1, 0.15) is 6.92 Å². The smallest absolute Gasteiger partial charge is 0.480 e. The molecular weight excluding hydrogens is 398 g/mol. The molecule has 2 N–H and O–H groups in total. The topological polar surface area (TPSA) is 131 Å². The van der Waals surface area contributed by atoms with E-state index in [9.17, 15) is 17.8 Å². The SMILES string of the molecule is CCOC(=O)COc1ccc2n[nH]nc2c1S(=O)(=O)O.[Ag+]. The second kappa shape index (κ2) is 7.00. The zero-order chi connectivity index (χ0) is 14.8. The summed E-state index contributed by atoms with van der Waals surface area (Å²) in [4.78, 5) is 10.6. The number of fused-ring (bicyclic) bond motifs is 1. The summed E-state index contributed by atoms with van der Waals surface area (Å²) in [5, 5.41) is 9.58. The van der Waals surface area contributed by atoms with Crippen LogP contribution in [0.5, 0.6) is 5.75 Å². The van der Waals surface area contributed by atoms with Crippen LogP contribution >= 0.6 is 0 Å². The van der Waals surface area contributed by atoms with E-state index in [0.717, 1.165) is 0 Å². The van der Waals surface area contributed by atoms with Crippen molar-refractivity contribution in [3.05, 3.63) is 12.1 Å². The van der Waals surface area contributed by atoms with Gasteiger partial charge in [0.05, 0.1) is 6.61 Å². The molecule has 0 fully saturated rings. The Hall–Kier alpha value is -1.46. The third-order valence-electron chi connectivity index (χ3n) is 2.32. The van der Waals surface area contributed by atoms with Crippen LogP contribution < -0.4 is 4.74 Å². The maximum atomic E-state index is 11.4. The van der Waals surface area contributed by atoms with Gasteiger partial charge in [0.2, 0.25) is 0 Å². The first-order chi connectivity index (χ1) is 9.43. The summed E-state index contributed by atoms with van der Waals surface area (Å²) in [6.45, 7) is 1.32. The average molecular weight is 409 g/mol. The van der Waals surface area contributed by atoms with Crippen LogP contribution in [-0.4, -0.2) is 47.6 Å². The van der Waals surface area contributed by atoms with Gasteiger partial charge in [-0.3, -0.25) is 4.55 Å². The molecule has 2 rings (SSSR count). The first-order valence-electron chi connectivity index (χ1n) is 5.53. The monoisotopic (exact) mass is 408 g/mol. The number of esters is 1. The summed E-state index contributed by atoms with van der Waals surface area (Å²) in [5.74, 6) is -0.865. The van der Waals surface area contributed by atoms with E-state index in [2.05, 4.69) is 20.1 Å². The standard InChI is InChI=1S/C10H11N3O6S.Ag/c1-2-18-8(14)5-19-7-4-3-6-9(12-13-11-6)10(7)20(15,16)17;/h3-4H,2,5H2,1H3,(H,11,12,13)(H,15,16,17);/q;+1. The third-order valence-corrected chi connectivity index (χ3v) is 3.23. The van der Waals surface area contributed by atoms with Crippen molar-refractivity contribution < 1.29 is 49.6 Å². The molecule has 0 saturated heterocycles. The predicted octanol–water partition coefficient (Wildman–Crippen LogP) is 0.144. The molecule has 0 spiro atoms. The Kier molecular flexibility index (Phi) is 5.87. The Bertz CT molecular complexity index is 744. The fourth-order valence-electron chi connectivity index (χ4n) is 1.57. The minimum absolute atomic E-state index is 0. The van der Waals surface area contributed by atoms with Gasteiger partial charge in [-0.05, 0) is 19.1 Å². The Morgan fingerprint density at radius 1 is 1.38 bits per heavy atom. The largest absolute Gasteiger partial charge is 1.00 e. The molecule has 2 aromatic rings. The van der Waals surface area contributed by atoms with Gasteiger partial charge in [-0.2, -0.15) is 23.8 Å². The molecule has 1 aromatic heterocycles. The number of H-pyrrole nitrogens is 1. The van der Waals surface area contributed by atoms with E-state index in [0.29, 0.717) is 0 Å². The molecule has 1 aromatic carbocycles. The molecule has 0 aliphatic carbocycles. The van der Waals surface area contributed by atoms with Crippen LogP contribution in [0.4, 0.5) is 0 Å². The normalized spacial score (nSPS) is 11.0. The molecule has 1 heterocycles. The van der Waals surface area contributed by atoms with Crippen molar-refractivity contribution in [2.75, 3.05) is 13.2 Å². The van der Waals surface area contributed by atoms with Gasteiger partial charge in [0.15, 0.2) is 11.5 Å². The number of carbonyl (C=O) groups is 1. The van der Waals surface area contributed by atoms with E-state index >= 15 is 0 Å². The van der Waals surface area contributed by atoms with Crippen molar-refractivity contribution in [1.82, 2.24) is 15.4 Å². The molecule has 0 atom stereocenters. The molecule has 0 unspecified atom stereocenters. The number of carbonyl (C=O) groups excluding carboxylic acids is 1. The fourth-order valence-corrected chi connectivity index (χ4v) is 2.35. The second-order valence-corrected chi connectivity index (χ2v) is 5.01. The first-order valence-corrected chi connectivity index (χ1v) is 6.97. The molecule has 0 bridgehead atoms. The molecule has 0 aliphatic heterocycles. The Balaban J connectivity index is 0.00000220. The van der Waals surface area contributed by atoms with Crippen LogP contribution in [0.2, 0.25) is 0 Å². The third kappa shape index (κ3) is 4.02. The number of hydrogen-bond acceptors (Lipinski definition) is 7. The van der Waals surface area contributed by atoms with Gasteiger partial charge >= 0.3 is 38.5 Å². The maximum absolute atomic E-state index is 11.4. The Labute approximate surface area is 135 Å². The Morgan fingerprint density at radius 3 is 2.71 bits per heavy atom. The van der Waals surface area contributed by atoms with Crippen molar-refractivity contribution in [3.8, 4) is 5.75 Å². The number of aromatic amines is 1. The van der Waals surface area contributed by atoms with E-state index < -0.39 is 27.6 Å². The van der Waals surface area contributed by atoms with Crippen LogP contribution in [-0.2, 0) is 42.0 Å². The van der Waals surface area contributed by atoms with Gasteiger partial charge in [-0.1, -0.05) is 0 Å². The Morgan fingerprint density at radius 2 is 2.10 bits per heavy atom. The quantitative estimate of drug-likeness (QED) is 0.405. The van der Waals surface area contributed by atoms with Crippen molar-refractivity contribution >= 4 is 27.1 Å². The molecule has 21 heavy (non-hydrogen) atoms. The van der Waals surface area contributed by atoms with E-state index in [1.54, 1.807) is 6.92 Å². The van der Waals surface area contributed by atoms with Gasteiger partial charge in [0, 0.05) is 0 Å². The van der Waals surface area contributed by atoms with Crippen LogP contribution in [0.25, 0.3) is 11.0 Å². The summed E-state index contributed by atoms with van der Waals surface area (Å²) in [5.41, 5.74) is 0.162. The van der Waals surface area contributed by atoms with Gasteiger partial charge in [0.1, 0.15) is 16.8 Å². The summed E-state index contributed by atoms with van der Waals surface area (Å²) in [6, 6.07) is 2.71. The van der Waals surface area contributed by atoms with Gasteiger partial charge < -0.3 is 9.47 Å². The van der Waals surface area contributed by atoms with Crippen molar-refractivity contribution in [2.24, 2.45) is 0 Å². The van der Waals surface area contributed by atoms with Crippen LogP contribution in [0, 0.1) is 0 Å². The average Bonchev–Trinajstić information content (AvgIpc) is 2.82.